The SMILES string of the molecule is C=C(C)F.O=S(=O)(O)O. The molecule has 0 aliphatic carbocycles. The number of rotatable bonds is 0. The molecule has 0 amide bonds. The monoisotopic (exact) mass is 158 g/mol. The van der Waals surface area contributed by atoms with E-state index in [1.807, 2.05) is 0 Å². The average molecular weight is 158 g/mol. The molecule has 0 atom stereocenters. The Bertz CT molecular complexity index is 158. The molecule has 0 aliphatic heterocycles. The molecule has 0 unspecified atom stereocenters. The Kier molecular flexibility index (Phi) is 5.58. The summed E-state index contributed by atoms with van der Waals surface area (Å²) in [6.45, 7) is 4.19. The van der Waals surface area contributed by atoms with Crippen LogP contribution in [0.4, 0.5) is 4.39 Å². The van der Waals surface area contributed by atoms with Crippen LogP contribution in [0.5, 0.6) is 0 Å². The molecule has 0 heterocycles. The maximum atomic E-state index is 10.8. The number of halogens is 1. The van der Waals surface area contributed by atoms with Gasteiger partial charge < -0.3 is 0 Å². The summed E-state index contributed by atoms with van der Waals surface area (Å²) in [5.41, 5.74) is 0. The van der Waals surface area contributed by atoms with E-state index in [0.29, 0.717) is 0 Å². The quantitative estimate of drug-likeness (QED) is 0.512. The smallest absolute Gasteiger partial charge is 0.264 e. The first kappa shape index (κ1) is 11.4. The minimum absolute atomic E-state index is 0.333. The summed E-state index contributed by atoms with van der Waals surface area (Å²) in [4.78, 5) is 0. The van der Waals surface area contributed by atoms with Gasteiger partial charge >= 0.3 is 10.4 Å². The van der Waals surface area contributed by atoms with Gasteiger partial charge in [0.25, 0.3) is 0 Å². The summed E-state index contributed by atoms with van der Waals surface area (Å²) in [5.74, 6) is -0.333. The summed E-state index contributed by atoms with van der Waals surface area (Å²) in [6.07, 6.45) is 0. The summed E-state index contributed by atoms with van der Waals surface area (Å²) in [6, 6.07) is 0. The lowest BCUT2D eigenvalue weighted by molar-refractivity contribution is 0.381. The Morgan fingerprint density at radius 3 is 1.56 bits per heavy atom. The van der Waals surface area contributed by atoms with Gasteiger partial charge in [-0.05, 0) is 6.92 Å². The van der Waals surface area contributed by atoms with Crippen molar-refractivity contribution in [1.82, 2.24) is 0 Å². The Hall–Kier alpha value is -0.460. The number of hydrogen-bond donors (Lipinski definition) is 2. The second kappa shape index (κ2) is 4.42. The fourth-order valence-corrected chi connectivity index (χ4v) is 0. The third kappa shape index (κ3) is 1090. The Labute approximate surface area is 52.6 Å². The van der Waals surface area contributed by atoms with Crippen molar-refractivity contribution in [2.45, 2.75) is 6.92 Å². The maximum Gasteiger partial charge on any atom is 0.394 e. The van der Waals surface area contributed by atoms with Crippen molar-refractivity contribution in [3.63, 3.8) is 0 Å². The van der Waals surface area contributed by atoms with Gasteiger partial charge in [0.15, 0.2) is 0 Å². The molecule has 0 saturated carbocycles. The fraction of sp³-hybridized carbons (Fsp3) is 0.333. The van der Waals surface area contributed by atoms with Crippen LogP contribution in [0.2, 0.25) is 0 Å². The molecule has 0 saturated heterocycles. The van der Waals surface area contributed by atoms with Gasteiger partial charge in [-0.15, -0.1) is 0 Å². The van der Waals surface area contributed by atoms with E-state index in [4.69, 9.17) is 17.5 Å². The summed E-state index contributed by atoms with van der Waals surface area (Å²) in [5, 5.41) is 0. The summed E-state index contributed by atoms with van der Waals surface area (Å²) < 4.78 is 42.4. The predicted octanol–water partition coefficient (Wildman–Crippen LogP) is 0.837. The standard InChI is InChI=1S/C3H5F.H2O4S/c1-3(2)4;1-5(2,3)4/h1H2,2H3;(H2,1,2,3,4). The summed E-state index contributed by atoms with van der Waals surface area (Å²) in [7, 11) is -4.67. The van der Waals surface area contributed by atoms with Crippen molar-refractivity contribution in [3.05, 3.63) is 12.4 Å². The zero-order valence-electron chi connectivity index (χ0n) is 4.70. The van der Waals surface area contributed by atoms with Crippen molar-refractivity contribution in [3.8, 4) is 0 Å². The van der Waals surface area contributed by atoms with Crippen molar-refractivity contribution >= 4 is 10.4 Å². The topological polar surface area (TPSA) is 74.6 Å². The fourth-order valence-electron chi connectivity index (χ4n) is 0. The van der Waals surface area contributed by atoms with Crippen molar-refractivity contribution in [2.75, 3.05) is 0 Å². The van der Waals surface area contributed by atoms with Crippen molar-refractivity contribution in [1.29, 1.82) is 0 Å². The average Bonchev–Trinajstić information content (AvgIpc) is 1.19. The second-order valence-electron chi connectivity index (χ2n) is 1.12. The molecule has 0 radical (unpaired) electrons. The molecule has 4 nitrogen and oxygen atoms in total. The third-order valence-corrected chi connectivity index (χ3v) is 0. The summed E-state index contributed by atoms with van der Waals surface area (Å²) >= 11 is 0. The van der Waals surface area contributed by atoms with Crippen LogP contribution in [0.1, 0.15) is 6.92 Å². The first-order valence-corrected chi connectivity index (χ1v) is 3.14. The van der Waals surface area contributed by atoms with Gasteiger partial charge in [0, 0.05) is 0 Å². The molecular weight excluding hydrogens is 151 g/mol. The molecule has 2 N–H and O–H groups in total. The van der Waals surface area contributed by atoms with Crippen LogP contribution >= 0.6 is 0 Å². The molecule has 6 heteroatoms. The molecule has 0 spiro atoms. The predicted molar refractivity (Wildman–Crippen MR) is 30.1 cm³/mol. The number of hydrogen-bond acceptors (Lipinski definition) is 2. The Balaban J connectivity index is 0. The molecule has 0 bridgehead atoms. The lowest BCUT2D eigenvalue weighted by Gasteiger charge is -1.68. The largest absolute Gasteiger partial charge is 0.394 e. The van der Waals surface area contributed by atoms with Gasteiger partial charge in [-0.25, -0.2) is 4.39 Å². The van der Waals surface area contributed by atoms with Crippen molar-refractivity contribution < 1.29 is 21.9 Å². The van der Waals surface area contributed by atoms with Gasteiger partial charge in [-0.3, -0.25) is 9.11 Å². The van der Waals surface area contributed by atoms with Crippen LogP contribution in [0.25, 0.3) is 0 Å². The van der Waals surface area contributed by atoms with E-state index in [-0.39, 0.29) is 5.83 Å². The minimum Gasteiger partial charge on any atom is -0.264 e. The van der Waals surface area contributed by atoms with Crippen LogP contribution in [-0.4, -0.2) is 17.5 Å². The van der Waals surface area contributed by atoms with Gasteiger partial charge in [-0.1, -0.05) is 6.58 Å². The highest BCUT2D eigenvalue weighted by atomic mass is 32.3. The van der Waals surface area contributed by atoms with E-state index in [1.165, 1.54) is 6.92 Å². The van der Waals surface area contributed by atoms with Gasteiger partial charge in [0.2, 0.25) is 0 Å². The molecule has 0 aromatic carbocycles. The zero-order chi connectivity index (χ0) is 8.08. The van der Waals surface area contributed by atoms with Crippen LogP contribution in [0, 0.1) is 0 Å². The molecular formula is C3H7FO4S. The van der Waals surface area contributed by atoms with Crippen molar-refractivity contribution in [2.24, 2.45) is 0 Å². The normalized spacial score (nSPS) is 9.33. The molecule has 0 rings (SSSR count). The molecule has 0 fully saturated rings. The second-order valence-corrected chi connectivity index (χ2v) is 2.02. The first-order valence-electron chi connectivity index (χ1n) is 1.74. The van der Waals surface area contributed by atoms with E-state index >= 15 is 0 Å². The molecule has 9 heavy (non-hydrogen) atoms. The van der Waals surface area contributed by atoms with Gasteiger partial charge in [0.05, 0.1) is 5.83 Å². The van der Waals surface area contributed by atoms with Crippen LogP contribution in [-0.2, 0) is 10.4 Å². The number of allylic oxidation sites excluding steroid dienone is 1. The maximum absolute atomic E-state index is 10.8. The minimum atomic E-state index is -4.67. The van der Waals surface area contributed by atoms with Gasteiger partial charge in [-0.2, -0.15) is 8.42 Å². The van der Waals surface area contributed by atoms with Crippen LogP contribution in [0.15, 0.2) is 12.4 Å². The highest BCUT2D eigenvalue weighted by Gasteiger charge is 1.84. The Morgan fingerprint density at radius 2 is 1.56 bits per heavy atom. The highest BCUT2D eigenvalue weighted by Crippen LogP contribution is 1.80. The van der Waals surface area contributed by atoms with Gasteiger partial charge in [0.1, 0.15) is 0 Å². The van der Waals surface area contributed by atoms with E-state index in [2.05, 4.69) is 6.58 Å². The molecule has 0 aromatic heterocycles. The lowest BCUT2D eigenvalue weighted by Crippen LogP contribution is -1.89. The molecule has 0 aromatic rings. The van der Waals surface area contributed by atoms with E-state index in [0.717, 1.165) is 0 Å². The van der Waals surface area contributed by atoms with E-state index < -0.39 is 10.4 Å². The third-order valence-electron chi connectivity index (χ3n) is 0. The van der Waals surface area contributed by atoms with E-state index in [9.17, 15) is 4.39 Å². The highest BCUT2D eigenvalue weighted by molar-refractivity contribution is 7.79. The lowest BCUT2D eigenvalue weighted by atomic mass is 10.7. The van der Waals surface area contributed by atoms with Crippen LogP contribution < -0.4 is 0 Å². The molecule has 0 aliphatic rings. The Morgan fingerprint density at radius 1 is 1.56 bits per heavy atom. The zero-order valence-corrected chi connectivity index (χ0v) is 5.52. The first-order chi connectivity index (χ1) is 3.73. The van der Waals surface area contributed by atoms with E-state index in [1.54, 1.807) is 0 Å². The molecule has 56 valence electrons. The van der Waals surface area contributed by atoms with Crippen LogP contribution in [0.3, 0.4) is 0 Å².